The monoisotopic (exact) mass is 651 g/mol. The third-order valence-corrected chi connectivity index (χ3v) is 8.38. The third kappa shape index (κ3) is 11.0. The van der Waals surface area contributed by atoms with Gasteiger partial charge in [0.1, 0.15) is 11.5 Å². The molecule has 2 aromatic rings. The fourth-order valence-corrected chi connectivity index (χ4v) is 5.51. The highest BCUT2D eigenvalue weighted by Gasteiger charge is 2.34. The second-order valence-electron chi connectivity index (χ2n) is 10.5. The zero-order valence-corrected chi connectivity index (χ0v) is 27.5. The number of hydrogen-bond donors (Lipinski definition) is 4. The number of carbonyl (C=O) groups excluding carboxylic acids is 4. The summed E-state index contributed by atoms with van der Waals surface area (Å²) < 4.78 is 22.9. The van der Waals surface area contributed by atoms with Crippen LogP contribution in [0.4, 0.5) is 0 Å². The van der Waals surface area contributed by atoms with Crippen LogP contribution < -0.4 is 20.7 Å². The van der Waals surface area contributed by atoms with Crippen LogP contribution in [0.3, 0.4) is 0 Å². The number of unbranched alkanes of at least 4 members (excludes halogenated alkanes) is 2. The number of nitrogens with zero attached hydrogens (tertiary/aromatic N) is 1. The molecule has 0 radical (unpaired) electrons. The Balaban J connectivity index is 2.14. The summed E-state index contributed by atoms with van der Waals surface area (Å²) in [6.07, 6.45) is 4.85. The molecule has 1 aromatic carbocycles. The van der Waals surface area contributed by atoms with Crippen LogP contribution in [-0.2, 0) is 23.8 Å². The van der Waals surface area contributed by atoms with Gasteiger partial charge in [-0.1, -0.05) is 47.0 Å². The molecule has 0 saturated carbocycles. The minimum atomic E-state index is -4.59. The van der Waals surface area contributed by atoms with Gasteiger partial charge >= 0.3 is 13.6 Å². The Hall–Kier alpha value is -3.67. The van der Waals surface area contributed by atoms with Gasteiger partial charge in [-0.15, -0.1) is 0 Å². The summed E-state index contributed by atoms with van der Waals surface area (Å²) in [6, 6.07) is 6.22. The van der Waals surface area contributed by atoms with E-state index in [2.05, 4.69) is 10.6 Å². The third-order valence-electron chi connectivity index (χ3n) is 7.45. The summed E-state index contributed by atoms with van der Waals surface area (Å²) in [4.78, 5) is 75.5. The first-order valence-electron chi connectivity index (χ1n) is 15.4. The molecule has 3 amide bonds. The molecule has 14 heteroatoms. The van der Waals surface area contributed by atoms with Crippen molar-refractivity contribution in [3.63, 3.8) is 0 Å². The molecular weight excluding hydrogens is 605 g/mol. The Bertz CT molecular complexity index is 1320. The second-order valence-corrected chi connectivity index (χ2v) is 12.2. The number of ether oxygens (including phenoxy) is 1. The highest BCUT2D eigenvalue weighted by molar-refractivity contribution is 7.60. The average Bonchev–Trinajstić information content (AvgIpc) is 3.51. The van der Waals surface area contributed by atoms with Crippen LogP contribution in [0.1, 0.15) is 90.1 Å². The Morgan fingerprint density at radius 3 is 2.29 bits per heavy atom. The van der Waals surface area contributed by atoms with Gasteiger partial charge in [0.2, 0.25) is 12.3 Å². The first kappa shape index (κ1) is 37.5. The molecule has 0 unspecified atom stereocenters. The Morgan fingerprint density at radius 1 is 1.00 bits per heavy atom. The molecule has 0 saturated heterocycles. The quantitative estimate of drug-likeness (QED) is 0.0530. The van der Waals surface area contributed by atoms with Crippen molar-refractivity contribution < 1.29 is 47.5 Å². The summed E-state index contributed by atoms with van der Waals surface area (Å²) in [6.45, 7) is 9.31. The first-order chi connectivity index (χ1) is 21.4. The zero-order valence-electron chi connectivity index (χ0n) is 26.6. The van der Waals surface area contributed by atoms with E-state index in [1.807, 2.05) is 20.8 Å². The van der Waals surface area contributed by atoms with Gasteiger partial charge in [0.15, 0.2) is 5.76 Å². The molecule has 0 fully saturated rings. The first-order valence-corrected chi connectivity index (χ1v) is 17.0. The van der Waals surface area contributed by atoms with E-state index in [9.17, 15) is 33.5 Å². The summed E-state index contributed by atoms with van der Waals surface area (Å²) in [5.41, 5.74) is 0.303. The summed E-state index contributed by atoms with van der Waals surface area (Å²) in [5, 5.41) is 5.94. The van der Waals surface area contributed by atoms with Crippen molar-refractivity contribution in [3.8, 4) is 17.1 Å². The van der Waals surface area contributed by atoms with Gasteiger partial charge in [-0.2, -0.15) is 5.06 Å². The van der Waals surface area contributed by atoms with Crippen molar-refractivity contribution in [1.82, 2.24) is 15.7 Å². The molecule has 1 heterocycles. The molecule has 4 N–H and O–H groups in total. The molecule has 2 atom stereocenters. The lowest BCUT2D eigenvalue weighted by atomic mass is 9.90. The predicted molar refractivity (Wildman–Crippen MR) is 167 cm³/mol. The molecule has 1 aromatic heterocycles. The molecular formula is C31H46N3O10P. The molecule has 0 aliphatic rings. The van der Waals surface area contributed by atoms with Crippen molar-refractivity contribution in [2.45, 2.75) is 85.6 Å². The van der Waals surface area contributed by atoms with Crippen molar-refractivity contribution >= 4 is 37.1 Å². The number of hydroxylamine groups is 2. The van der Waals surface area contributed by atoms with E-state index < -0.39 is 37.3 Å². The van der Waals surface area contributed by atoms with Gasteiger partial charge in [0.05, 0.1) is 36.5 Å². The number of nitrogens with one attached hydrogen (secondary N) is 2. The van der Waals surface area contributed by atoms with Crippen molar-refractivity contribution in [2.24, 2.45) is 11.8 Å². The highest BCUT2D eigenvalue weighted by atomic mass is 31.2. The van der Waals surface area contributed by atoms with E-state index >= 15 is 0 Å². The fourth-order valence-electron chi connectivity index (χ4n) is 4.91. The second kappa shape index (κ2) is 18.3. The minimum absolute atomic E-state index is 0.0924. The van der Waals surface area contributed by atoms with E-state index in [0.29, 0.717) is 44.1 Å². The summed E-state index contributed by atoms with van der Waals surface area (Å²) in [5.74, 6) is -2.32. The van der Waals surface area contributed by atoms with E-state index in [0.717, 1.165) is 17.9 Å². The molecule has 2 rings (SSSR count). The number of carbonyl (C=O) groups is 4. The van der Waals surface area contributed by atoms with E-state index in [1.165, 1.54) is 30.3 Å². The largest absolute Gasteiger partial charge is 0.494 e. The number of rotatable bonds is 20. The minimum Gasteiger partial charge on any atom is -0.494 e. The van der Waals surface area contributed by atoms with Gasteiger partial charge in [0.25, 0.3) is 5.91 Å². The van der Waals surface area contributed by atoms with Crippen molar-refractivity contribution in [3.05, 3.63) is 36.1 Å². The van der Waals surface area contributed by atoms with Gasteiger partial charge in [-0.3, -0.25) is 18.9 Å². The fraction of sp³-hybridized carbons (Fsp3) is 0.548. The van der Waals surface area contributed by atoms with Gasteiger partial charge in [-0.05, 0) is 62.9 Å². The molecule has 0 bridgehead atoms. The van der Waals surface area contributed by atoms with E-state index in [1.54, 1.807) is 13.8 Å². The standard InChI is InChI=1S/C31H46N3O10P/c1-6-11-12-13-25(26(9-4)34(20-35)44-31(38)21(7-2)8-3)29(36)32-19-33-30(37)28-15-14-27(43-28)22-16-23(42-10-5)18-24(17-22)45(39,40)41/h14-18,20-21,25-26H,6-13,19H2,1-5H3,(H,32,36)(H,33,37)(H2,39,40,41)/t25-,26-/m1/s1. The molecule has 250 valence electrons. The Labute approximate surface area is 264 Å². The Morgan fingerprint density at radius 2 is 1.71 bits per heavy atom. The lowest BCUT2D eigenvalue weighted by molar-refractivity contribution is -0.208. The molecule has 0 aliphatic carbocycles. The number of benzene rings is 1. The summed E-state index contributed by atoms with van der Waals surface area (Å²) in [7, 11) is -4.59. The molecule has 45 heavy (non-hydrogen) atoms. The number of furan rings is 1. The smallest absolute Gasteiger partial charge is 0.356 e. The predicted octanol–water partition coefficient (Wildman–Crippen LogP) is 4.28. The lowest BCUT2D eigenvalue weighted by Crippen LogP contribution is -2.49. The van der Waals surface area contributed by atoms with Crippen molar-refractivity contribution in [2.75, 3.05) is 13.3 Å². The van der Waals surface area contributed by atoms with Crippen LogP contribution in [0.25, 0.3) is 11.3 Å². The van der Waals surface area contributed by atoms with Crippen LogP contribution in [0, 0.1) is 11.8 Å². The lowest BCUT2D eigenvalue weighted by Gasteiger charge is -2.32. The highest BCUT2D eigenvalue weighted by Crippen LogP contribution is 2.37. The van der Waals surface area contributed by atoms with Gasteiger partial charge in [0, 0.05) is 5.56 Å². The van der Waals surface area contributed by atoms with Gasteiger partial charge in [-0.25, -0.2) is 4.79 Å². The average molecular weight is 652 g/mol. The van der Waals surface area contributed by atoms with Crippen LogP contribution in [0.2, 0.25) is 0 Å². The topological polar surface area (TPSA) is 185 Å². The normalized spacial score (nSPS) is 12.7. The zero-order chi connectivity index (χ0) is 33.6. The maximum atomic E-state index is 13.4. The van der Waals surface area contributed by atoms with Crippen molar-refractivity contribution in [1.29, 1.82) is 0 Å². The molecule has 0 aliphatic heterocycles. The van der Waals surface area contributed by atoms with E-state index in [4.69, 9.17) is 14.0 Å². The maximum Gasteiger partial charge on any atom is 0.356 e. The van der Waals surface area contributed by atoms with Crippen LogP contribution in [-0.4, -0.2) is 58.4 Å². The van der Waals surface area contributed by atoms with E-state index in [-0.39, 0.29) is 41.8 Å². The summed E-state index contributed by atoms with van der Waals surface area (Å²) >= 11 is 0. The van der Waals surface area contributed by atoms with Crippen LogP contribution in [0.15, 0.2) is 34.7 Å². The maximum absolute atomic E-state index is 13.4. The number of hydrogen-bond acceptors (Lipinski definition) is 8. The van der Waals surface area contributed by atoms with Crippen LogP contribution >= 0.6 is 7.60 Å². The van der Waals surface area contributed by atoms with Gasteiger partial charge < -0.3 is 34.4 Å². The molecule has 0 spiro atoms. The Kier molecular flexibility index (Phi) is 15.3. The molecule has 13 nitrogen and oxygen atoms in total. The number of amides is 3. The van der Waals surface area contributed by atoms with Crippen LogP contribution in [0.5, 0.6) is 5.75 Å². The SMILES string of the molecule is CCCCC[C@@H](C(=O)NCNC(=O)c1ccc(-c2cc(OCC)cc(P(=O)(O)O)c2)o1)[C@@H](CC)N(C=O)OC(=O)C(CC)CC.